The van der Waals surface area contributed by atoms with Crippen LogP contribution in [-0.4, -0.2) is 27.2 Å². The Kier molecular flexibility index (Phi) is 6.52. The number of hydrogen-bond acceptors (Lipinski definition) is 5. The van der Waals surface area contributed by atoms with Gasteiger partial charge < -0.3 is 9.84 Å². The van der Waals surface area contributed by atoms with Crippen molar-refractivity contribution in [2.45, 2.75) is 7.59 Å². The quantitative estimate of drug-likeness (QED) is 0.616. The highest BCUT2D eigenvalue weighted by molar-refractivity contribution is 6.67. The van der Waals surface area contributed by atoms with Crippen molar-refractivity contribution < 1.29 is 9.84 Å². The van der Waals surface area contributed by atoms with Gasteiger partial charge in [0.25, 0.3) is 0 Å². The minimum atomic E-state index is -1.93. The first-order valence-electron chi connectivity index (χ1n) is 6.46. The highest BCUT2D eigenvalue weighted by Crippen LogP contribution is 2.40. The Balaban J connectivity index is 2.45. The maximum Gasteiger partial charge on any atom is 0.250 e. The standard InChI is InChI=1S/C14H9Cl6N3O2/c1-25-8-4-2-7(9(24)6-8)3-5-10-21-11(13(15,16)17)23-12(22-10)14(18,19)20/h2-6,24H,1H3. The van der Waals surface area contributed by atoms with Crippen LogP contribution in [0.2, 0.25) is 0 Å². The predicted octanol–water partition coefficient (Wildman–Crippen LogP) is 5.41. The molecule has 0 aliphatic rings. The van der Waals surface area contributed by atoms with Crippen LogP contribution in [0.15, 0.2) is 18.2 Å². The molecule has 0 atom stereocenters. The lowest BCUT2D eigenvalue weighted by atomic mass is 10.2. The number of nitrogens with zero attached hydrogens (tertiary/aromatic N) is 3. The molecule has 25 heavy (non-hydrogen) atoms. The van der Waals surface area contributed by atoms with Crippen molar-refractivity contribution in [3.05, 3.63) is 41.2 Å². The van der Waals surface area contributed by atoms with Gasteiger partial charge in [0.05, 0.1) is 7.11 Å². The van der Waals surface area contributed by atoms with E-state index in [4.69, 9.17) is 74.3 Å². The molecular weight excluding hydrogens is 455 g/mol. The largest absolute Gasteiger partial charge is 0.507 e. The van der Waals surface area contributed by atoms with Crippen LogP contribution in [0.4, 0.5) is 0 Å². The number of phenols is 1. The number of phenolic OH excluding ortho intramolecular Hbond substituents is 1. The Bertz CT molecular complexity index is 770. The third-order valence-corrected chi connectivity index (χ3v) is 3.82. The van der Waals surface area contributed by atoms with E-state index in [9.17, 15) is 5.11 Å². The zero-order valence-corrected chi connectivity index (χ0v) is 16.9. The van der Waals surface area contributed by atoms with Crippen molar-refractivity contribution in [2.75, 3.05) is 7.11 Å². The zero-order valence-electron chi connectivity index (χ0n) is 12.4. The normalized spacial score (nSPS) is 12.6. The van der Waals surface area contributed by atoms with Crippen LogP contribution in [0, 0.1) is 0 Å². The summed E-state index contributed by atoms with van der Waals surface area (Å²) in [5, 5.41) is 9.96. The van der Waals surface area contributed by atoms with E-state index in [0.717, 1.165) is 0 Å². The van der Waals surface area contributed by atoms with E-state index < -0.39 is 7.59 Å². The first-order chi connectivity index (χ1) is 11.5. The third kappa shape index (κ3) is 5.64. The molecule has 1 N–H and O–H groups in total. The molecule has 1 aromatic carbocycles. The Morgan fingerprint density at radius 3 is 1.92 bits per heavy atom. The lowest BCUT2D eigenvalue weighted by Crippen LogP contribution is -2.16. The summed E-state index contributed by atoms with van der Waals surface area (Å²) >= 11 is 34.8. The van der Waals surface area contributed by atoms with Crippen molar-refractivity contribution in [1.29, 1.82) is 0 Å². The van der Waals surface area contributed by atoms with Gasteiger partial charge in [0.2, 0.25) is 7.59 Å². The van der Waals surface area contributed by atoms with Gasteiger partial charge in [-0.15, -0.1) is 0 Å². The zero-order chi connectivity index (χ0) is 18.8. The molecule has 0 aliphatic carbocycles. The van der Waals surface area contributed by atoms with Gasteiger partial charge in [-0.3, -0.25) is 0 Å². The van der Waals surface area contributed by atoms with Gasteiger partial charge in [-0.25, -0.2) is 15.0 Å². The van der Waals surface area contributed by atoms with Gasteiger partial charge >= 0.3 is 0 Å². The fourth-order valence-corrected chi connectivity index (χ4v) is 2.18. The predicted molar refractivity (Wildman–Crippen MR) is 102 cm³/mol. The molecule has 0 unspecified atom stereocenters. The molecule has 1 aromatic heterocycles. The molecule has 0 spiro atoms. The third-order valence-electron chi connectivity index (χ3n) is 2.81. The molecule has 134 valence electrons. The second-order valence-corrected chi connectivity index (χ2v) is 9.16. The summed E-state index contributed by atoms with van der Waals surface area (Å²) in [7, 11) is 1.49. The van der Waals surface area contributed by atoms with E-state index in [1.807, 2.05) is 0 Å². The molecule has 0 bridgehead atoms. The average molecular weight is 464 g/mol. The number of rotatable bonds is 3. The van der Waals surface area contributed by atoms with E-state index in [1.54, 1.807) is 12.1 Å². The van der Waals surface area contributed by atoms with E-state index in [-0.39, 0.29) is 23.2 Å². The van der Waals surface area contributed by atoms with Crippen LogP contribution in [0.5, 0.6) is 11.5 Å². The lowest BCUT2D eigenvalue weighted by molar-refractivity contribution is 0.407. The Labute approximate surface area is 173 Å². The number of methoxy groups -OCH3 is 1. The summed E-state index contributed by atoms with van der Waals surface area (Å²) in [6.07, 6.45) is 2.98. The topological polar surface area (TPSA) is 68.1 Å². The minimum absolute atomic E-state index is 0.00661. The first-order valence-corrected chi connectivity index (χ1v) is 8.73. The highest BCUT2D eigenvalue weighted by atomic mass is 35.6. The molecule has 0 saturated heterocycles. The van der Waals surface area contributed by atoms with Gasteiger partial charge in [-0.1, -0.05) is 69.6 Å². The van der Waals surface area contributed by atoms with Crippen LogP contribution in [0.25, 0.3) is 12.2 Å². The fourth-order valence-electron chi connectivity index (χ4n) is 1.68. The van der Waals surface area contributed by atoms with Crippen molar-refractivity contribution in [3.8, 4) is 11.5 Å². The van der Waals surface area contributed by atoms with E-state index in [0.29, 0.717) is 11.3 Å². The smallest absolute Gasteiger partial charge is 0.250 e. The number of alkyl halides is 6. The Hall–Kier alpha value is -0.690. The van der Waals surface area contributed by atoms with Crippen molar-refractivity contribution in [2.24, 2.45) is 0 Å². The van der Waals surface area contributed by atoms with Crippen molar-refractivity contribution >= 4 is 81.8 Å². The van der Waals surface area contributed by atoms with E-state index in [2.05, 4.69) is 15.0 Å². The summed E-state index contributed by atoms with van der Waals surface area (Å²) in [4.78, 5) is 11.9. The number of aromatic nitrogens is 3. The number of ether oxygens (including phenoxy) is 1. The first kappa shape index (κ1) is 20.6. The minimum Gasteiger partial charge on any atom is -0.507 e. The molecule has 0 fully saturated rings. The van der Waals surface area contributed by atoms with Crippen LogP contribution in [0.3, 0.4) is 0 Å². The molecule has 0 amide bonds. The van der Waals surface area contributed by atoms with E-state index in [1.165, 1.54) is 25.3 Å². The maximum atomic E-state index is 9.96. The Morgan fingerprint density at radius 1 is 0.920 bits per heavy atom. The maximum absolute atomic E-state index is 9.96. The van der Waals surface area contributed by atoms with Crippen LogP contribution in [0.1, 0.15) is 23.0 Å². The second kappa shape index (κ2) is 7.91. The number of halogens is 6. The second-order valence-electron chi connectivity index (χ2n) is 4.59. The highest BCUT2D eigenvalue weighted by Gasteiger charge is 2.33. The number of hydrogen-bond donors (Lipinski definition) is 1. The summed E-state index contributed by atoms with van der Waals surface area (Å²) in [5.41, 5.74) is 0.479. The summed E-state index contributed by atoms with van der Waals surface area (Å²) in [6, 6.07) is 4.76. The van der Waals surface area contributed by atoms with Crippen molar-refractivity contribution in [1.82, 2.24) is 15.0 Å². The molecule has 5 nitrogen and oxygen atoms in total. The van der Waals surface area contributed by atoms with Crippen LogP contribution < -0.4 is 4.74 Å². The van der Waals surface area contributed by atoms with Gasteiger partial charge in [-0.05, 0) is 24.3 Å². The molecule has 0 saturated carbocycles. The number of aromatic hydroxyl groups is 1. The van der Waals surface area contributed by atoms with Gasteiger partial charge in [0.1, 0.15) is 11.5 Å². The molecule has 11 heteroatoms. The Morgan fingerprint density at radius 2 is 1.48 bits per heavy atom. The SMILES string of the molecule is COc1ccc(C=Cc2nc(C(Cl)(Cl)Cl)nc(C(Cl)(Cl)Cl)n2)c(O)c1. The fraction of sp³-hybridized carbons (Fsp3) is 0.214. The molecule has 0 radical (unpaired) electrons. The van der Waals surface area contributed by atoms with Crippen LogP contribution >= 0.6 is 69.6 Å². The molecule has 2 rings (SSSR count). The summed E-state index contributed by atoms with van der Waals surface area (Å²) < 4.78 is 1.15. The lowest BCUT2D eigenvalue weighted by Gasteiger charge is -2.14. The van der Waals surface area contributed by atoms with Crippen LogP contribution in [-0.2, 0) is 7.59 Å². The van der Waals surface area contributed by atoms with Gasteiger partial charge in [0.15, 0.2) is 17.5 Å². The van der Waals surface area contributed by atoms with Gasteiger partial charge in [0, 0.05) is 11.6 Å². The number of benzene rings is 1. The molecular formula is C14H9Cl6N3O2. The molecule has 2 aromatic rings. The summed E-state index contributed by atoms with van der Waals surface area (Å²) in [5.74, 6) is 0.173. The monoisotopic (exact) mass is 461 g/mol. The average Bonchev–Trinajstić information content (AvgIpc) is 2.51. The van der Waals surface area contributed by atoms with Gasteiger partial charge in [-0.2, -0.15) is 0 Å². The summed E-state index contributed by atoms with van der Waals surface area (Å²) in [6.45, 7) is 0. The molecule has 1 heterocycles. The van der Waals surface area contributed by atoms with E-state index >= 15 is 0 Å². The van der Waals surface area contributed by atoms with Crippen molar-refractivity contribution in [3.63, 3.8) is 0 Å². The molecule has 0 aliphatic heterocycles.